The van der Waals surface area contributed by atoms with Crippen LogP contribution < -0.4 is 9.62 Å². The number of carbonyl (C=O) groups excluding carboxylic acids is 1. The lowest BCUT2D eigenvalue weighted by Crippen LogP contribution is -2.38. The predicted octanol–water partition coefficient (Wildman–Crippen LogP) is 6.49. The molecule has 0 saturated heterocycles. The molecule has 1 amide bonds. The molecule has 0 bridgehead atoms. The first kappa shape index (κ1) is 23.8. The van der Waals surface area contributed by atoms with Gasteiger partial charge in [-0.1, -0.05) is 77.8 Å². The Labute approximate surface area is 208 Å². The van der Waals surface area contributed by atoms with Crippen LogP contribution in [-0.2, 0) is 14.8 Å². The minimum absolute atomic E-state index is 0.00867. The van der Waals surface area contributed by atoms with E-state index in [1.165, 1.54) is 30.3 Å². The highest BCUT2D eigenvalue weighted by molar-refractivity contribution is 7.92. The van der Waals surface area contributed by atoms with Gasteiger partial charge in [-0.3, -0.25) is 9.10 Å². The van der Waals surface area contributed by atoms with Crippen molar-refractivity contribution in [3.8, 4) is 11.1 Å². The SMILES string of the molecule is O=C(CN(c1cccc(Cl)c1)S(=O)(=O)c1ccc(Cl)cc1)Nc1ccccc1-c1ccccc1. The second-order valence-corrected chi connectivity index (χ2v) is 10.1. The average Bonchev–Trinajstić information content (AvgIpc) is 2.83. The van der Waals surface area contributed by atoms with E-state index in [1.54, 1.807) is 30.3 Å². The summed E-state index contributed by atoms with van der Waals surface area (Å²) in [6, 6.07) is 29.1. The lowest BCUT2D eigenvalue weighted by Gasteiger charge is -2.24. The fourth-order valence-corrected chi connectivity index (χ4v) is 5.19. The Morgan fingerprint density at radius 2 is 1.44 bits per heavy atom. The van der Waals surface area contributed by atoms with Crippen LogP contribution in [0.15, 0.2) is 108 Å². The van der Waals surface area contributed by atoms with Gasteiger partial charge in [0.25, 0.3) is 10.0 Å². The van der Waals surface area contributed by atoms with Crippen molar-refractivity contribution in [3.05, 3.63) is 113 Å². The number of carbonyl (C=O) groups is 1. The molecular weight excluding hydrogens is 491 g/mol. The van der Waals surface area contributed by atoms with Crippen LogP contribution in [0, 0.1) is 0 Å². The summed E-state index contributed by atoms with van der Waals surface area (Å²) in [6.07, 6.45) is 0. The van der Waals surface area contributed by atoms with Crippen molar-refractivity contribution in [2.24, 2.45) is 0 Å². The number of halogens is 2. The van der Waals surface area contributed by atoms with Gasteiger partial charge in [0.05, 0.1) is 10.6 Å². The number of amides is 1. The molecule has 0 atom stereocenters. The molecule has 0 heterocycles. The molecule has 0 fully saturated rings. The normalized spacial score (nSPS) is 11.1. The number of nitrogens with zero attached hydrogens (tertiary/aromatic N) is 1. The van der Waals surface area contributed by atoms with Crippen LogP contribution >= 0.6 is 23.2 Å². The molecule has 0 aliphatic rings. The monoisotopic (exact) mass is 510 g/mol. The number of hydrogen-bond acceptors (Lipinski definition) is 3. The largest absolute Gasteiger partial charge is 0.324 e. The van der Waals surface area contributed by atoms with Crippen molar-refractivity contribution in [1.29, 1.82) is 0 Å². The quantitative estimate of drug-likeness (QED) is 0.308. The third-order valence-electron chi connectivity index (χ3n) is 5.07. The maximum atomic E-state index is 13.5. The van der Waals surface area contributed by atoms with Crippen molar-refractivity contribution in [3.63, 3.8) is 0 Å². The van der Waals surface area contributed by atoms with E-state index in [-0.39, 0.29) is 10.6 Å². The first-order valence-electron chi connectivity index (χ1n) is 10.3. The molecule has 34 heavy (non-hydrogen) atoms. The van der Waals surface area contributed by atoms with Crippen molar-refractivity contribution >= 4 is 50.5 Å². The van der Waals surface area contributed by atoms with E-state index < -0.39 is 22.5 Å². The lowest BCUT2D eigenvalue weighted by molar-refractivity contribution is -0.114. The van der Waals surface area contributed by atoms with E-state index >= 15 is 0 Å². The number of para-hydroxylation sites is 1. The van der Waals surface area contributed by atoms with Gasteiger partial charge in [0.1, 0.15) is 6.54 Å². The van der Waals surface area contributed by atoms with Crippen LogP contribution in [0.25, 0.3) is 11.1 Å². The molecule has 0 spiro atoms. The standard InChI is InChI=1S/C26H20Cl2N2O3S/c27-20-13-15-23(16-14-20)34(32,33)30(22-10-6-9-21(28)17-22)18-26(31)29-25-12-5-4-11-24(25)19-7-2-1-3-8-19/h1-17H,18H2,(H,29,31). The first-order chi connectivity index (χ1) is 16.3. The Kier molecular flexibility index (Phi) is 7.22. The Balaban J connectivity index is 1.67. The Morgan fingerprint density at radius 1 is 0.765 bits per heavy atom. The topological polar surface area (TPSA) is 66.5 Å². The summed E-state index contributed by atoms with van der Waals surface area (Å²) in [5, 5.41) is 3.61. The summed E-state index contributed by atoms with van der Waals surface area (Å²) < 4.78 is 28.0. The van der Waals surface area contributed by atoms with Crippen molar-refractivity contribution in [1.82, 2.24) is 0 Å². The molecule has 4 aromatic rings. The molecule has 5 nitrogen and oxygen atoms in total. The van der Waals surface area contributed by atoms with E-state index in [0.29, 0.717) is 15.7 Å². The Hall–Kier alpha value is -3.32. The summed E-state index contributed by atoms with van der Waals surface area (Å²) in [6.45, 7) is -0.450. The summed E-state index contributed by atoms with van der Waals surface area (Å²) in [5.74, 6) is -0.499. The minimum atomic E-state index is -4.08. The van der Waals surface area contributed by atoms with Gasteiger partial charge in [-0.15, -0.1) is 0 Å². The van der Waals surface area contributed by atoms with Crippen LogP contribution in [0.4, 0.5) is 11.4 Å². The zero-order valence-electron chi connectivity index (χ0n) is 17.9. The maximum absolute atomic E-state index is 13.5. The highest BCUT2D eigenvalue weighted by Crippen LogP contribution is 2.29. The summed E-state index contributed by atoms with van der Waals surface area (Å²) in [5.41, 5.74) is 2.60. The van der Waals surface area contributed by atoms with E-state index in [2.05, 4.69) is 5.32 Å². The second kappa shape index (κ2) is 10.3. The van der Waals surface area contributed by atoms with Crippen LogP contribution in [-0.4, -0.2) is 20.9 Å². The maximum Gasteiger partial charge on any atom is 0.264 e. The van der Waals surface area contributed by atoms with Crippen molar-refractivity contribution in [2.45, 2.75) is 4.90 Å². The van der Waals surface area contributed by atoms with E-state index in [0.717, 1.165) is 15.4 Å². The number of rotatable bonds is 7. The van der Waals surface area contributed by atoms with Gasteiger partial charge >= 0.3 is 0 Å². The highest BCUT2D eigenvalue weighted by atomic mass is 35.5. The zero-order valence-corrected chi connectivity index (χ0v) is 20.2. The summed E-state index contributed by atoms with van der Waals surface area (Å²) in [4.78, 5) is 13.1. The molecule has 4 rings (SSSR count). The third kappa shape index (κ3) is 5.42. The highest BCUT2D eigenvalue weighted by Gasteiger charge is 2.27. The molecule has 0 radical (unpaired) electrons. The lowest BCUT2D eigenvalue weighted by atomic mass is 10.0. The molecule has 8 heteroatoms. The smallest absolute Gasteiger partial charge is 0.264 e. The van der Waals surface area contributed by atoms with Crippen molar-refractivity contribution < 1.29 is 13.2 Å². The van der Waals surface area contributed by atoms with Gasteiger partial charge in [0, 0.05) is 21.3 Å². The molecule has 0 saturated carbocycles. The van der Waals surface area contributed by atoms with Gasteiger partial charge < -0.3 is 5.32 Å². The number of benzene rings is 4. The molecular formula is C26H20Cl2N2O3S. The second-order valence-electron chi connectivity index (χ2n) is 7.41. The molecule has 0 unspecified atom stereocenters. The fraction of sp³-hybridized carbons (Fsp3) is 0.0385. The fourth-order valence-electron chi connectivity index (χ4n) is 3.46. The zero-order chi connectivity index (χ0) is 24.1. The third-order valence-corrected chi connectivity index (χ3v) is 7.35. The number of nitrogens with one attached hydrogen (secondary N) is 1. The van der Waals surface area contributed by atoms with Gasteiger partial charge in [0.2, 0.25) is 5.91 Å². The van der Waals surface area contributed by atoms with E-state index in [1.807, 2.05) is 42.5 Å². The van der Waals surface area contributed by atoms with Gasteiger partial charge in [0.15, 0.2) is 0 Å². The summed E-state index contributed by atoms with van der Waals surface area (Å²) in [7, 11) is -4.08. The predicted molar refractivity (Wildman–Crippen MR) is 138 cm³/mol. The Morgan fingerprint density at radius 3 is 2.15 bits per heavy atom. The number of anilines is 2. The van der Waals surface area contributed by atoms with E-state index in [4.69, 9.17) is 23.2 Å². The van der Waals surface area contributed by atoms with Gasteiger partial charge in [-0.05, 0) is 54.1 Å². The number of hydrogen-bond donors (Lipinski definition) is 1. The average molecular weight is 511 g/mol. The van der Waals surface area contributed by atoms with Gasteiger partial charge in [-0.2, -0.15) is 0 Å². The number of sulfonamides is 1. The minimum Gasteiger partial charge on any atom is -0.324 e. The molecule has 1 N–H and O–H groups in total. The van der Waals surface area contributed by atoms with E-state index in [9.17, 15) is 13.2 Å². The van der Waals surface area contributed by atoms with Crippen molar-refractivity contribution in [2.75, 3.05) is 16.2 Å². The molecule has 0 aliphatic heterocycles. The van der Waals surface area contributed by atoms with Crippen LogP contribution in [0.1, 0.15) is 0 Å². The van der Waals surface area contributed by atoms with Crippen LogP contribution in [0.2, 0.25) is 10.0 Å². The summed E-state index contributed by atoms with van der Waals surface area (Å²) >= 11 is 12.1. The van der Waals surface area contributed by atoms with Crippen LogP contribution in [0.5, 0.6) is 0 Å². The molecule has 4 aromatic carbocycles. The molecule has 172 valence electrons. The molecule has 0 aliphatic carbocycles. The van der Waals surface area contributed by atoms with Gasteiger partial charge in [-0.25, -0.2) is 8.42 Å². The first-order valence-corrected chi connectivity index (χ1v) is 12.5. The van der Waals surface area contributed by atoms with Crippen LogP contribution in [0.3, 0.4) is 0 Å². The molecule has 0 aromatic heterocycles. The Bertz CT molecular complexity index is 1410.